The van der Waals surface area contributed by atoms with Crippen LogP contribution in [0.4, 0.5) is 30.8 Å². The summed E-state index contributed by atoms with van der Waals surface area (Å²) in [6, 6.07) is 7.86. The van der Waals surface area contributed by atoms with Gasteiger partial charge in [-0.1, -0.05) is 0 Å². The molecule has 0 bridgehead atoms. The van der Waals surface area contributed by atoms with Gasteiger partial charge in [0.1, 0.15) is 6.33 Å². The molecule has 1 aliphatic heterocycles. The van der Waals surface area contributed by atoms with Crippen LogP contribution in [0.5, 0.6) is 0 Å². The van der Waals surface area contributed by atoms with Gasteiger partial charge >= 0.3 is 12.1 Å². The molecule has 2 N–H and O–H groups in total. The summed E-state index contributed by atoms with van der Waals surface area (Å²) in [5, 5.41) is 19.2. The Hall–Kier alpha value is -4.05. The van der Waals surface area contributed by atoms with Crippen molar-refractivity contribution in [2.45, 2.75) is 6.18 Å². The number of hydrogen-bond acceptors (Lipinski definition) is 9. The Labute approximate surface area is 222 Å². The van der Waals surface area contributed by atoms with Crippen LogP contribution < -0.4 is 10.2 Å². The van der Waals surface area contributed by atoms with Gasteiger partial charge in [0.15, 0.2) is 0 Å². The second-order valence-electron chi connectivity index (χ2n) is 7.86. The minimum Gasteiger partial charge on any atom is -0.475 e. The lowest BCUT2D eigenvalue weighted by molar-refractivity contribution is -0.192. The molecule has 3 aromatic heterocycles. The number of anilines is 3. The topological polar surface area (TPSA) is 136 Å². The molecule has 0 radical (unpaired) electrons. The molecule has 200 valence electrons. The zero-order chi connectivity index (χ0) is 27.3. The van der Waals surface area contributed by atoms with Gasteiger partial charge in [0.05, 0.1) is 35.3 Å². The molecular formula is C22H21BrF3N9O3. The predicted molar refractivity (Wildman–Crippen MR) is 133 cm³/mol. The second kappa shape index (κ2) is 11.6. The average molecular weight is 596 g/mol. The summed E-state index contributed by atoms with van der Waals surface area (Å²) in [6.45, 7) is 3.02. The Morgan fingerprint density at radius 2 is 1.82 bits per heavy atom. The summed E-state index contributed by atoms with van der Waals surface area (Å²) >= 11 is 3.51. The number of carbonyl (C=O) groups is 1. The minimum absolute atomic E-state index is 0.505. The number of aromatic nitrogens is 7. The quantitative estimate of drug-likeness (QED) is 0.353. The van der Waals surface area contributed by atoms with Crippen molar-refractivity contribution in [3.05, 3.63) is 53.7 Å². The third kappa shape index (κ3) is 6.83. The maximum absolute atomic E-state index is 10.6. The van der Waals surface area contributed by atoms with Crippen molar-refractivity contribution < 1.29 is 27.8 Å². The number of halogens is 4. The summed E-state index contributed by atoms with van der Waals surface area (Å²) in [4.78, 5) is 24.4. The van der Waals surface area contributed by atoms with E-state index in [-0.39, 0.29) is 0 Å². The van der Waals surface area contributed by atoms with Crippen LogP contribution in [0.2, 0.25) is 0 Å². The highest BCUT2D eigenvalue weighted by Gasteiger charge is 2.38. The Morgan fingerprint density at radius 1 is 1.13 bits per heavy atom. The molecule has 0 aliphatic carbocycles. The maximum Gasteiger partial charge on any atom is 0.490 e. The van der Waals surface area contributed by atoms with Gasteiger partial charge in [-0.05, 0) is 40.2 Å². The molecule has 12 nitrogen and oxygen atoms in total. The standard InChI is InChI=1S/C20H20BrN9O.C2HF3O2/c1-28-12-14(10-24-28)18-17(21)11-22-19(26-18)25-15-2-4-16(5-3-15)30-13-23-20(27-30)29-6-8-31-9-7-29;3-2(4,5)1(6)7/h2-5,10-13H,6-9H2,1H3,(H,22,25,26);(H,6,7). The van der Waals surface area contributed by atoms with E-state index < -0.39 is 12.1 Å². The van der Waals surface area contributed by atoms with Gasteiger partial charge in [-0.3, -0.25) is 4.68 Å². The number of nitrogens with one attached hydrogen (secondary N) is 1. The first-order valence-electron chi connectivity index (χ1n) is 11.0. The SMILES string of the molecule is Cn1cc(-c2nc(Nc3ccc(-n4cnc(N5CCOCC5)n4)cc3)ncc2Br)cn1.O=C(O)C(F)(F)F. The van der Waals surface area contributed by atoms with Crippen LogP contribution in [-0.4, -0.2) is 78.1 Å². The van der Waals surface area contributed by atoms with Crippen LogP contribution in [0.1, 0.15) is 0 Å². The normalized spacial score (nSPS) is 13.6. The monoisotopic (exact) mass is 595 g/mol. The van der Waals surface area contributed by atoms with Gasteiger partial charge < -0.3 is 20.1 Å². The van der Waals surface area contributed by atoms with Gasteiger partial charge in [-0.25, -0.2) is 19.4 Å². The van der Waals surface area contributed by atoms with E-state index in [0.29, 0.717) is 19.2 Å². The van der Waals surface area contributed by atoms with E-state index in [1.807, 2.05) is 37.5 Å². The van der Waals surface area contributed by atoms with Crippen molar-refractivity contribution in [1.29, 1.82) is 0 Å². The van der Waals surface area contributed by atoms with E-state index in [1.54, 1.807) is 28.1 Å². The third-order valence-corrected chi connectivity index (χ3v) is 5.71. The Morgan fingerprint density at radius 3 is 2.42 bits per heavy atom. The maximum atomic E-state index is 10.6. The number of benzene rings is 1. The number of ether oxygens (including phenoxy) is 1. The molecule has 4 heterocycles. The molecule has 16 heteroatoms. The average Bonchev–Trinajstić information content (AvgIpc) is 3.56. The van der Waals surface area contributed by atoms with Crippen molar-refractivity contribution in [3.63, 3.8) is 0 Å². The molecular weight excluding hydrogens is 575 g/mol. The van der Waals surface area contributed by atoms with Gasteiger partial charge in [0, 0.05) is 43.8 Å². The molecule has 1 aromatic carbocycles. The number of aryl methyl sites for hydroxylation is 1. The fourth-order valence-corrected chi connectivity index (χ4v) is 3.71. The highest BCUT2D eigenvalue weighted by atomic mass is 79.9. The molecule has 4 aromatic rings. The van der Waals surface area contributed by atoms with E-state index in [1.165, 1.54) is 0 Å². The van der Waals surface area contributed by atoms with E-state index >= 15 is 0 Å². The Balaban J connectivity index is 0.000000426. The first-order chi connectivity index (χ1) is 18.1. The molecule has 1 saturated heterocycles. The molecule has 0 unspecified atom stereocenters. The summed E-state index contributed by atoms with van der Waals surface area (Å²) in [5.41, 5.74) is 3.49. The van der Waals surface area contributed by atoms with E-state index in [0.717, 1.165) is 46.1 Å². The van der Waals surface area contributed by atoms with Crippen LogP contribution in [-0.2, 0) is 16.6 Å². The number of hydrogen-bond donors (Lipinski definition) is 2. The summed E-state index contributed by atoms with van der Waals surface area (Å²) in [6.07, 6.45) is 2.06. The van der Waals surface area contributed by atoms with Crippen molar-refractivity contribution in [3.8, 4) is 16.9 Å². The van der Waals surface area contributed by atoms with E-state index in [9.17, 15) is 13.2 Å². The zero-order valence-electron chi connectivity index (χ0n) is 19.8. The van der Waals surface area contributed by atoms with Gasteiger partial charge in [0.2, 0.25) is 11.9 Å². The summed E-state index contributed by atoms with van der Waals surface area (Å²) in [7, 11) is 1.87. The van der Waals surface area contributed by atoms with E-state index in [4.69, 9.17) is 14.6 Å². The molecule has 0 atom stereocenters. The van der Waals surface area contributed by atoms with Crippen molar-refractivity contribution in [2.24, 2.45) is 7.05 Å². The summed E-state index contributed by atoms with van der Waals surface area (Å²) < 4.78 is 41.4. The zero-order valence-corrected chi connectivity index (χ0v) is 21.4. The van der Waals surface area contributed by atoms with Crippen LogP contribution in [0.3, 0.4) is 0 Å². The van der Waals surface area contributed by atoms with Crippen molar-refractivity contribution >= 4 is 39.5 Å². The van der Waals surface area contributed by atoms with Crippen LogP contribution >= 0.6 is 15.9 Å². The molecule has 5 rings (SSSR count). The highest BCUT2D eigenvalue weighted by molar-refractivity contribution is 9.10. The van der Waals surface area contributed by atoms with Crippen LogP contribution in [0, 0.1) is 0 Å². The van der Waals surface area contributed by atoms with Gasteiger partial charge in [0.25, 0.3) is 0 Å². The van der Waals surface area contributed by atoms with Crippen LogP contribution in [0.15, 0.2) is 53.7 Å². The molecule has 0 saturated carbocycles. The molecule has 38 heavy (non-hydrogen) atoms. The molecule has 1 aliphatic rings. The van der Waals surface area contributed by atoms with Crippen LogP contribution in [0.25, 0.3) is 16.9 Å². The molecule has 1 fully saturated rings. The fraction of sp³-hybridized carbons (Fsp3) is 0.273. The number of nitrogens with zero attached hydrogens (tertiary/aromatic N) is 8. The largest absolute Gasteiger partial charge is 0.490 e. The molecule has 0 spiro atoms. The van der Waals surface area contributed by atoms with Gasteiger partial charge in [-0.2, -0.15) is 23.3 Å². The first kappa shape index (κ1) is 27.0. The number of aliphatic carboxylic acids is 1. The second-order valence-corrected chi connectivity index (χ2v) is 8.71. The molecule has 0 amide bonds. The number of carboxylic acids is 1. The highest BCUT2D eigenvalue weighted by Crippen LogP contribution is 2.27. The number of carboxylic acid groups (broad SMARTS) is 1. The minimum atomic E-state index is -5.08. The lowest BCUT2D eigenvalue weighted by Crippen LogP contribution is -2.37. The van der Waals surface area contributed by atoms with E-state index in [2.05, 4.69) is 51.3 Å². The van der Waals surface area contributed by atoms with Gasteiger partial charge in [-0.15, -0.1) is 5.10 Å². The van der Waals surface area contributed by atoms with Crippen molar-refractivity contribution in [2.75, 3.05) is 36.5 Å². The Kier molecular flexibility index (Phi) is 8.21. The lowest BCUT2D eigenvalue weighted by Gasteiger charge is -2.25. The third-order valence-electron chi connectivity index (χ3n) is 5.13. The lowest BCUT2D eigenvalue weighted by atomic mass is 10.2. The number of alkyl halides is 3. The predicted octanol–water partition coefficient (Wildman–Crippen LogP) is 3.43. The Bertz CT molecular complexity index is 1390. The fourth-order valence-electron chi connectivity index (χ4n) is 3.29. The van der Waals surface area contributed by atoms with Crippen molar-refractivity contribution in [1.82, 2.24) is 34.5 Å². The number of morpholine rings is 1. The first-order valence-corrected chi connectivity index (χ1v) is 11.8. The number of rotatable bonds is 5. The summed E-state index contributed by atoms with van der Waals surface area (Å²) in [5.74, 6) is -1.53. The smallest absolute Gasteiger partial charge is 0.475 e.